The lowest BCUT2D eigenvalue weighted by Gasteiger charge is -2.27. The van der Waals surface area contributed by atoms with E-state index in [0.717, 1.165) is 18.4 Å². The van der Waals surface area contributed by atoms with Crippen LogP contribution in [-0.2, 0) is 16.0 Å². The molecule has 1 unspecified atom stereocenters. The van der Waals surface area contributed by atoms with Gasteiger partial charge in [0.2, 0.25) is 0 Å². The zero-order chi connectivity index (χ0) is 13.9. The minimum Gasteiger partial charge on any atom is -0.481 e. The molecule has 0 spiro atoms. The summed E-state index contributed by atoms with van der Waals surface area (Å²) in [4.78, 5) is 22.9. The third-order valence-electron chi connectivity index (χ3n) is 3.92. The summed E-state index contributed by atoms with van der Waals surface area (Å²) in [5.41, 5.74) is 0.566. The lowest BCUT2D eigenvalue weighted by atomic mass is 9.75. The minimum atomic E-state index is -0.838. The van der Waals surface area contributed by atoms with E-state index in [0.29, 0.717) is 24.3 Å². The number of ketones is 1. The molecule has 0 aliphatic heterocycles. The number of benzene rings is 1. The van der Waals surface area contributed by atoms with E-state index in [1.54, 1.807) is 12.1 Å². The van der Waals surface area contributed by atoms with Crippen molar-refractivity contribution in [1.29, 1.82) is 0 Å². The number of rotatable bonds is 5. The molecular formula is C15H17ClO3. The van der Waals surface area contributed by atoms with Crippen molar-refractivity contribution in [3.8, 4) is 0 Å². The first-order valence-electron chi connectivity index (χ1n) is 6.51. The van der Waals surface area contributed by atoms with Crippen LogP contribution in [0.4, 0.5) is 0 Å². The molecule has 0 radical (unpaired) electrons. The van der Waals surface area contributed by atoms with E-state index in [2.05, 4.69) is 0 Å². The summed E-state index contributed by atoms with van der Waals surface area (Å²) in [6.45, 7) is 0. The third-order valence-corrected chi connectivity index (χ3v) is 4.18. The monoisotopic (exact) mass is 280 g/mol. The van der Waals surface area contributed by atoms with Gasteiger partial charge < -0.3 is 5.11 Å². The predicted molar refractivity (Wildman–Crippen MR) is 73.3 cm³/mol. The second kappa shape index (κ2) is 5.74. The molecule has 2 rings (SSSR count). The topological polar surface area (TPSA) is 54.4 Å². The Labute approximate surface area is 117 Å². The number of carbonyl (C=O) groups is 2. The molecule has 0 amide bonds. The van der Waals surface area contributed by atoms with Gasteiger partial charge in [-0.25, -0.2) is 0 Å². The molecule has 0 bridgehead atoms. The van der Waals surface area contributed by atoms with E-state index in [9.17, 15) is 9.59 Å². The van der Waals surface area contributed by atoms with Gasteiger partial charge in [-0.3, -0.25) is 9.59 Å². The second-order valence-corrected chi connectivity index (χ2v) is 5.69. The molecule has 3 nitrogen and oxygen atoms in total. The molecule has 4 heteroatoms. The van der Waals surface area contributed by atoms with Crippen LogP contribution >= 0.6 is 11.6 Å². The van der Waals surface area contributed by atoms with E-state index < -0.39 is 11.4 Å². The highest BCUT2D eigenvalue weighted by molar-refractivity contribution is 6.30. The predicted octanol–water partition coefficient (Wildman–Crippen LogP) is 3.49. The van der Waals surface area contributed by atoms with Gasteiger partial charge in [-0.1, -0.05) is 23.7 Å². The largest absolute Gasteiger partial charge is 0.481 e. The van der Waals surface area contributed by atoms with E-state index in [1.807, 2.05) is 12.1 Å². The number of hydrogen-bond donors (Lipinski definition) is 1. The fraction of sp³-hybridized carbons (Fsp3) is 0.467. The molecule has 1 atom stereocenters. The maximum Gasteiger partial charge on any atom is 0.303 e. The molecule has 0 aromatic heterocycles. The summed E-state index contributed by atoms with van der Waals surface area (Å²) in [5.74, 6) is -0.626. The summed E-state index contributed by atoms with van der Waals surface area (Å²) < 4.78 is 0. The van der Waals surface area contributed by atoms with Gasteiger partial charge in [-0.2, -0.15) is 0 Å². The van der Waals surface area contributed by atoms with Crippen LogP contribution in [0.15, 0.2) is 24.3 Å². The normalized spacial score (nSPS) is 22.7. The number of carbonyl (C=O) groups excluding carboxylic acids is 1. The highest BCUT2D eigenvalue weighted by Crippen LogP contribution is 2.42. The van der Waals surface area contributed by atoms with Gasteiger partial charge in [0.1, 0.15) is 5.78 Å². The highest BCUT2D eigenvalue weighted by Gasteiger charge is 2.41. The maximum atomic E-state index is 12.2. The molecule has 0 heterocycles. The van der Waals surface area contributed by atoms with Gasteiger partial charge in [-0.15, -0.1) is 0 Å². The van der Waals surface area contributed by atoms with Crippen LogP contribution < -0.4 is 0 Å². The summed E-state index contributed by atoms with van der Waals surface area (Å²) >= 11 is 5.85. The van der Waals surface area contributed by atoms with Crippen LogP contribution in [0.5, 0.6) is 0 Å². The summed E-state index contributed by atoms with van der Waals surface area (Å²) in [6.07, 6.45) is 3.35. The Morgan fingerprint density at radius 3 is 2.53 bits per heavy atom. The smallest absolute Gasteiger partial charge is 0.303 e. The van der Waals surface area contributed by atoms with Gasteiger partial charge in [0.25, 0.3) is 0 Å². The maximum absolute atomic E-state index is 12.2. The van der Waals surface area contributed by atoms with Crippen molar-refractivity contribution in [3.05, 3.63) is 34.9 Å². The Balaban J connectivity index is 2.16. The van der Waals surface area contributed by atoms with Crippen LogP contribution in [0.1, 0.15) is 37.7 Å². The Hall–Kier alpha value is -1.35. The summed E-state index contributed by atoms with van der Waals surface area (Å²) in [7, 11) is 0. The van der Waals surface area contributed by atoms with Crippen LogP contribution in [0, 0.1) is 5.41 Å². The van der Waals surface area contributed by atoms with Crippen molar-refractivity contribution in [3.63, 3.8) is 0 Å². The number of carboxylic acid groups (broad SMARTS) is 1. The first kappa shape index (κ1) is 14.1. The van der Waals surface area contributed by atoms with Crippen LogP contribution in [-0.4, -0.2) is 16.9 Å². The van der Waals surface area contributed by atoms with Crippen LogP contribution in [0.2, 0.25) is 5.02 Å². The first-order chi connectivity index (χ1) is 9.02. The summed E-state index contributed by atoms with van der Waals surface area (Å²) in [6, 6.07) is 7.44. The highest BCUT2D eigenvalue weighted by atomic mass is 35.5. The molecule has 1 saturated carbocycles. The Bertz CT molecular complexity index is 481. The van der Waals surface area contributed by atoms with E-state index in [4.69, 9.17) is 16.7 Å². The summed E-state index contributed by atoms with van der Waals surface area (Å²) in [5, 5.41) is 9.52. The Kier molecular flexibility index (Phi) is 4.25. The van der Waals surface area contributed by atoms with Crippen molar-refractivity contribution in [1.82, 2.24) is 0 Å². The molecular weight excluding hydrogens is 264 g/mol. The fourth-order valence-electron chi connectivity index (χ4n) is 2.87. The molecule has 1 aromatic rings. The first-order valence-corrected chi connectivity index (χ1v) is 6.89. The number of aliphatic carboxylic acids is 1. The minimum absolute atomic E-state index is 0.0549. The van der Waals surface area contributed by atoms with Crippen molar-refractivity contribution in [2.45, 2.75) is 38.5 Å². The number of hydrogen-bond acceptors (Lipinski definition) is 2. The van der Waals surface area contributed by atoms with Gasteiger partial charge in [0, 0.05) is 23.3 Å². The number of carboxylic acids is 1. The molecule has 1 aromatic carbocycles. The standard InChI is InChI=1S/C15H17ClO3/c16-12-5-3-11(4-6-12)10-15(9-7-14(18)19)8-1-2-13(15)17/h3-6H,1-2,7-10H2,(H,18,19). The fourth-order valence-corrected chi connectivity index (χ4v) is 3.00. The van der Waals surface area contributed by atoms with Crippen LogP contribution in [0.25, 0.3) is 0 Å². The van der Waals surface area contributed by atoms with Gasteiger partial charge in [0.05, 0.1) is 0 Å². The van der Waals surface area contributed by atoms with E-state index >= 15 is 0 Å². The van der Waals surface area contributed by atoms with Gasteiger partial charge in [0.15, 0.2) is 0 Å². The van der Waals surface area contributed by atoms with Crippen LogP contribution in [0.3, 0.4) is 0 Å². The molecule has 1 N–H and O–H groups in total. The van der Waals surface area contributed by atoms with Gasteiger partial charge >= 0.3 is 5.97 Å². The number of Topliss-reactive ketones (excluding diaryl/α,β-unsaturated/α-hetero) is 1. The molecule has 1 aliphatic rings. The average Bonchev–Trinajstić information content (AvgIpc) is 2.72. The molecule has 1 fully saturated rings. The molecule has 102 valence electrons. The second-order valence-electron chi connectivity index (χ2n) is 5.25. The SMILES string of the molecule is O=C(O)CCC1(Cc2ccc(Cl)cc2)CCCC1=O. The quantitative estimate of drug-likeness (QED) is 0.898. The Morgan fingerprint density at radius 2 is 2.00 bits per heavy atom. The zero-order valence-electron chi connectivity index (χ0n) is 10.7. The average molecular weight is 281 g/mol. The zero-order valence-corrected chi connectivity index (χ0v) is 11.4. The van der Waals surface area contributed by atoms with Crippen molar-refractivity contribution < 1.29 is 14.7 Å². The Morgan fingerprint density at radius 1 is 1.32 bits per heavy atom. The number of halogens is 1. The van der Waals surface area contributed by atoms with Gasteiger partial charge in [-0.05, 0) is 43.4 Å². The molecule has 1 aliphatic carbocycles. The lowest BCUT2D eigenvalue weighted by Crippen LogP contribution is -2.29. The lowest BCUT2D eigenvalue weighted by molar-refractivity contribution is -0.138. The third kappa shape index (κ3) is 3.35. The van der Waals surface area contributed by atoms with E-state index in [-0.39, 0.29) is 12.2 Å². The van der Waals surface area contributed by atoms with Crippen molar-refractivity contribution >= 4 is 23.4 Å². The molecule has 0 saturated heterocycles. The van der Waals surface area contributed by atoms with Crippen molar-refractivity contribution in [2.24, 2.45) is 5.41 Å². The molecule has 19 heavy (non-hydrogen) atoms. The van der Waals surface area contributed by atoms with Crippen molar-refractivity contribution in [2.75, 3.05) is 0 Å². The van der Waals surface area contributed by atoms with E-state index in [1.165, 1.54) is 0 Å².